The average molecular weight is 436 g/mol. The second-order valence-electron chi connectivity index (χ2n) is 6.61. The van der Waals surface area contributed by atoms with Gasteiger partial charge in [-0.2, -0.15) is 3.71 Å². The third-order valence-corrected chi connectivity index (χ3v) is 9.15. The highest BCUT2D eigenvalue weighted by atomic mass is 32.3. The first-order chi connectivity index (χ1) is 14.1. The Morgan fingerprint density at radius 2 is 1.38 bits per heavy atom. The molecule has 2 aromatic rings. The monoisotopic (exact) mass is 435 g/mol. The molecule has 0 saturated heterocycles. The Morgan fingerprint density at radius 3 is 2.00 bits per heavy atom. The summed E-state index contributed by atoms with van der Waals surface area (Å²) in [7, 11) is -0.491. The van der Waals surface area contributed by atoms with Crippen molar-refractivity contribution in [3.05, 3.63) is 48.5 Å². The van der Waals surface area contributed by atoms with Crippen LogP contribution in [-0.4, -0.2) is 42.9 Å². The van der Waals surface area contributed by atoms with Crippen LogP contribution >= 0.6 is 21.3 Å². The summed E-state index contributed by atoms with van der Waals surface area (Å²) in [6, 6.07) is 15.7. The minimum absolute atomic E-state index is 0.0779. The maximum Gasteiger partial charge on any atom is 0.158 e. The highest BCUT2D eigenvalue weighted by molar-refractivity contribution is 8.27. The lowest BCUT2D eigenvalue weighted by molar-refractivity contribution is 0.282. The quantitative estimate of drug-likeness (QED) is 0.238. The number of benzene rings is 2. The van der Waals surface area contributed by atoms with Crippen molar-refractivity contribution in [1.82, 2.24) is 3.71 Å². The number of aliphatic hydroxyl groups excluding tert-OH is 1. The van der Waals surface area contributed by atoms with E-state index in [9.17, 15) is 10.2 Å². The van der Waals surface area contributed by atoms with Gasteiger partial charge in [0.05, 0.1) is 0 Å². The van der Waals surface area contributed by atoms with Gasteiger partial charge in [-0.05, 0) is 67.8 Å². The molecule has 29 heavy (non-hydrogen) atoms. The summed E-state index contributed by atoms with van der Waals surface area (Å²) < 4.78 is 2.51. The Hall–Kier alpha value is -1.60. The van der Waals surface area contributed by atoms with Crippen LogP contribution in [0.2, 0.25) is 0 Å². The van der Waals surface area contributed by atoms with E-state index in [1.807, 2.05) is 12.1 Å². The normalized spacial score (nSPS) is 13.8. The van der Waals surface area contributed by atoms with Gasteiger partial charge in [-0.25, -0.2) is 0 Å². The summed E-state index contributed by atoms with van der Waals surface area (Å²) in [6.07, 6.45) is 5.29. The number of nitrogens with zero attached hydrogens (tertiary/aromatic N) is 1. The number of hydrogen-bond acceptors (Lipinski definition) is 4. The van der Waals surface area contributed by atoms with Gasteiger partial charge in [0.1, 0.15) is 0 Å². The van der Waals surface area contributed by atoms with Crippen LogP contribution in [0.5, 0.6) is 11.5 Å². The Kier molecular flexibility index (Phi) is 10.5. The first kappa shape index (κ1) is 23.7. The standard InChI is InChI=1S/C23H33NO3S2/c1-3-28(20-13-9-8-10-14-20)24(17-11-6-5-7-12-18-25)29(4-2)21-15-16-22(26)23(27)19-21/h3-4,8-10,13-16,19,25-27H,5-7,11-12,17-18H2,1-2H3. The van der Waals surface area contributed by atoms with E-state index < -0.39 is 0 Å². The van der Waals surface area contributed by atoms with Crippen molar-refractivity contribution < 1.29 is 15.3 Å². The first-order valence-corrected chi connectivity index (χ1v) is 12.6. The van der Waals surface area contributed by atoms with Crippen LogP contribution in [0, 0.1) is 0 Å². The van der Waals surface area contributed by atoms with Crippen molar-refractivity contribution in [3.8, 4) is 11.5 Å². The molecule has 0 heterocycles. The largest absolute Gasteiger partial charge is 0.504 e. The minimum Gasteiger partial charge on any atom is -0.504 e. The number of aromatic hydroxyl groups is 2. The van der Waals surface area contributed by atoms with E-state index in [4.69, 9.17) is 5.11 Å². The predicted molar refractivity (Wildman–Crippen MR) is 128 cm³/mol. The van der Waals surface area contributed by atoms with E-state index in [2.05, 4.69) is 52.6 Å². The van der Waals surface area contributed by atoms with Crippen LogP contribution in [0.15, 0.2) is 58.3 Å². The topological polar surface area (TPSA) is 63.9 Å². The van der Waals surface area contributed by atoms with Gasteiger partial charge in [0.15, 0.2) is 11.5 Å². The fourth-order valence-corrected chi connectivity index (χ4v) is 7.84. The molecule has 2 rings (SSSR count). The molecule has 4 nitrogen and oxygen atoms in total. The van der Waals surface area contributed by atoms with Gasteiger partial charge in [-0.3, -0.25) is 0 Å². The fourth-order valence-electron chi connectivity index (χ4n) is 3.10. The third-order valence-electron chi connectivity index (χ3n) is 4.56. The summed E-state index contributed by atoms with van der Waals surface area (Å²) in [5.74, 6) is -0.168. The molecule has 0 saturated carbocycles. The molecule has 160 valence electrons. The Balaban J connectivity index is 2.30. The molecule has 0 aliphatic carbocycles. The molecule has 2 aromatic carbocycles. The zero-order chi connectivity index (χ0) is 21.1. The van der Waals surface area contributed by atoms with Crippen molar-refractivity contribution in [2.45, 2.75) is 55.7 Å². The van der Waals surface area contributed by atoms with E-state index in [1.165, 1.54) is 4.90 Å². The summed E-state index contributed by atoms with van der Waals surface area (Å²) in [6.45, 7) is 5.38. The van der Waals surface area contributed by atoms with Crippen LogP contribution in [-0.2, 0) is 0 Å². The molecule has 0 spiro atoms. The smallest absolute Gasteiger partial charge is 0.158 e. The van der Waals surface area contributed by atoms with Crippen LogP contribution in [0.1, 0.15) is 46.0 Å². The van der Waals surface area contributed by atoms with Gasteiger partial charge < -0.3 is 15.3 Å². The number of unbranched alkanes of at least 4 members (excludes halogenated alkanes) is 4. The zero-order valence-corrected chi connectivity index (χ0v) is 19.0. The molecule has 0 radical (unpaired) electrons. The van der Waals surface area contributed by atoms with Crippen LogP contribution in [0.25, 0.3) is 0 Å². The van der Waals surface area contributed by atoms with Gasteiger partial charge in [0.2, 0.25) is 0 Å². The third kappa shape index (κ3) is 7.00. The predicted octanol–water partition coefficient (Wildman–Crippen LogP) is 5.77. The van der Waals surface area contributed by atoms with Gasteiger partial charge in [-0.15, -0.1) is 0 Å². The number of aliphatic hydroxyl groups is 1. The summed E-state index contributed by atoms with van der Waals surface area (Å²) in [4.78, 5) is 2.27. The van der Waals surface area contributed by atoms with E-state index in [0.717, 1.165) is 43.5 Å². The highest BCUT2D eigenvalue weighted by Crippen LogP contribution is 2.45. The van der Waals surface area contributed by atoms with Gasteiger partial charge in [0.25, 0.3) is 0 Å². The maximum absolute atomic E-state index is 10.0. The molecule has 0 aliphatic rings. The van der Waals surface area contributed by atoms with E-state index >= 15 is 0 Å². The number of hydrogen-bond donors (Lipinski definition) is 3. The Labute approximate surface area is 180 Å². The van der Waals surface area contributed by atoms with Gasteiger partial charge in [0, 0.05) is 22.9 Å². The van der Waals surface area contributed by atoms with Crippen molar-refractivity contribution in [2.24, 2.45) is 0 Å². The van der Waals surface area contributed by atoms with E-state index in [-0.39, 0.29) is 39.4 Å². The number of rotatable bonds is 11. The van der Waals surface area contributed by atoms with E-state index in [0.29, 0.717) is 0 Å². The van der Waals surface area contributed by atoms with Crippen molar-refractivity contribution in [1.29, 1.82) is 0 Å². The lowest BCUT2D eigenvalue weighted by Gasteiger charge is -2.30. The molecule has 0 bridgehead atoms. The summed E-state index contributed by atoms with van der Waals surface area (Å²) >= 11 is 0. The molecule has 0 aromatic heterocycles. The van der Waals surface area contributed by atoms with E-state index in [1.54, 1.807) is 12.1 Å². The lowest BCUT2D eigenvalue weighted by Crippen LogP contribution is -2.15. The first-order valence-electron chi connectivity index (χ1n) is 10.1. The second kappa shape index (κ2) is 12.9. The molecule has 3 N–H and O–H groups in total. The minimum atomic E-state index is -0.312. The van der Waals surface area contributed by atoms with Gasteiger partial charge >= 0.3 is 0 Å². The van der Waals surface area contributed by atoms with Crippen molar-refractivity contribution in [3.63, 3.8) is 0 Å². The lowest BCUT2D eigenvalue weighted by atomic mass is 10.1. The Bertz CT molecular complexity index is 822. The van der Waals surface area contributed by atoms with Crippen LogP contribution < -0.4 is 0 Å². The van der Waals surface area contributed by atoms with Crippen LogP contribution in [0.4, 0.5) is 0 Å². The van der Waals surface area contributed by atoms with Crippen LogP contribution in [0.3, 0.4) is 0 Å². The summed E-state index contributed by atoms with van der Waals surface area (Å²) in [5, 5.41) is 33.2. The van der Waals surface area contributed by atoms with Crippen molar-refractivity contribution in [2.75, 3.05) is 13.2 Å². The molecular formula is C23H33NO3S2. The Morgan fingerprint density at radius 1 is 0.759 bits per heavy atom. The SMILES string of the molecule is C/C=S(\c1ccccc1)N(CCCCCCCO)/S(=C/C)c1ccc(O)c(O)c1. The summed E-state index contributed by atoms with van der Waals surface area (Å²) in [5.41, 5.74) is 0. The second-order valence-corrected chi connectivity index (χ2v) is 10.9. The van der Waals surface area contributed by atoms with Crippen molar-refractivity contribution >= 4 is 32.1 Å². The fraction of sp³-hybridized carbons (Fsp3) is 0.391. The molecule has 2 unspecified atom stereocenters. The highest BCUT2D eigenvalue weighted by Gasteiger charge is 2.17. The molecule has 0 amide bonds. The number of phenols is 2. The molecule has 0 fully saturated rings. The molecular weight excluding hydrogens is 402 g/mol. The molecule has 2 atom stereocenters. The maximum atomic E-state index is 10.0. The molecule has 0 aliphatic heterocycles. The average Bonchev–Trinajstić information content (AvgIpc) is 2.74. The molecule has 6 heteroatoms. The van der Waals surface area contributed by atoms with Gasteiger partial charge in [-0.1, -0.05) is 58.8 Å². The zero-order valence-electron chi connectivity index (χ0n) is 17.3. The number of phenolic OH excluding ortho intramolecular Hbond substituents is 2.